The maximum absolute atomic E-state index is 14.2. The molecule has 0 saturated carbocycles. The summed E-state index contributed by atoms with van der Waals surface area (Å²) in [4.78, 5) is 67.8. The Balaban J connectivity index is 2.82. The Morgan fingerprint density at radius 2 is 1.73 bits per heavy atom. The van der Waals surface area contributed by atoms with Crippen molar-refractivity contribution in [2.45, 2.75) is 130 Å². The van der Waals surface area contributed by atoms with Crippen LogP contribution >= 0.6 is 0 Å². The van der Waals surface area contributed by atoms with Crippen molar-refractivity contribution in [1.82, 2.24) is 4.90 Å². The molecule has 11 atom stereocenters. The molecule has 2 aliphatic rings. The first kappa shape index (κ1) is 42.2. The molecule has 0 radical (unpaired) electrons. The van der Waals surface area contributed by atoms with Gasteiger partial charge in [0.2, 0.25) is 0 Å². The number of ether oxygens (including phenoxy) is 6. The van der Waals surface area contributed by atoms with Crippen molar-refractivity contribution in [2.24, 2.45) is 17.8 Å². The van der Waals surface area contributed by atoms with E-state index >= 15 is 0 Å². The van der Waals surface area contributed by atoms with Crippen molar-refractivity contribution in [3.63, 3.8) is 0 Å². The van der Waals surface area contributed by atoms with E-state index in [4.69, 9.17) is 28.4 Å². The Labute approximate surface area is 290 Å². The van der Waals surface area contributed by atoms with Gasteiger partial charge in [0.15, 0.2) is 24.0 Å². The van der Waals surface area contributed by atoms with Gasteiger partial charge in [-0.25, -0.2) is 0 Å². The van der Waals surface area contributed by atoms with Crippen LogP contribution in [0.5, 0.6) is 0 Å². The zero-order valence-corrected chi connectivity index (χ0v) is 31.0. The maximum Gasteiger partial charge on any atom is 0.316 e. The van der Waals surface area contributed by atoms with Gasteiger partial charge < -0.3 is 38.4 Å². The fourth-order valence-electron chi connectivity index (χ4n) is 6.74. The fraction of sp³-hybridized carbons (Fsp3) is 0.750. The Hall–Kier alpha value is -2.97. The highest BCUT2D eigenvalue weighted by molar-refractivity contribution is 6.00. The van der Waals surface area contributed by atoms with Crippen LogP contribution in [-0.4, -0.2) is 115 Å². The van der Waals surface area contributed by atoms with Crippen LogP contribution in [0.15, 0.2) is 24.3 Å². The number of esters is 3. The first-order chi connectivity index (χ1) is 22.7. The Morgan fingerprint density at radius 1 is 1.10 bits per heavy atom. The number of carbonyl (C=O) groups is 5. The minimum atomic E-state index is -1.86. The minimum absolute atomic E-state index is 0.00634. The van der Waals surface area contributed by atoms with Crippen molar-refractivity contribution in [1.29, 1.82) is 0 Å². The Bertz CT molecular complexity index is 1240. The van der Waals surface area contributed by atoms with Crippen LogP contribution in [0.1, 0.15) is 81.6 Å². The Morgan fingerprint density at radius 3 is 2.27 bits per heavy atom. The van der Waals surface area contributed by atoms with E-state index in [1.54, 1.807) is 27.7 Å². The second-order valence-electron chi connectivity index (χ2n) is 14.0. The standard InChI is InChI=1S/C36H57NO12/c1-13-15-45-36(10)17-20(3)29(40)26(19-44-24(7)38)18-35(9,43)28(14-2)48-33(42)23(6)30(41)22(5)32(36)49-34-31(47-25(8)39)27(37(11)12)16-21(4)46-34/h13,18,20-23,27-28,31-32,34,43H,1,14-17,19H2,2-12H3/b26-18+/t20-,21-,22+,23-,27+,28-,31-,32-,34+,35+,36+/m1/s1. The van der Waals surface area contributed by atoms with Crippen LogP contribution in [0.4, 0.5) is 0 Å². The summed E-state index contributed by atoms with van der Waals surface area (Å²) in [6.45, 7) is 17.1. The van der Waals surface area contributed by atoms with E-state index in [9.17, 15) is 29.1 Å². The van der Waals surface area contributed by atoms with Gasteiger partial charge in [-0.05, 0) is 67.1 Å². The average molecular weight is 696 g/mol. The summed E-state index contributed by atoms with van der Waals surface area (Å²) in [5.74, 6) is -6.21. The molecule has 2 aliphatic heterocycles. The highest BCUT2D eigenvalue weighted by Gasteiger charge is 2.51. The normalized spacial score (nSPS) is 37.8. The summed E-state index contributed by atoms with van der Waals surface area (Å²) in [5.41, 5.74) is -3.27. The van der Waals surface area contributed by atoms with E-state index < -0.39 is 89.6 Å². The van der Waals surface area contributed by atoms with E-state index in [0.29, 0.717) is 6.42 Å². The summed E-state index contributed by atoms with van der Waals surface area (Å²) in [6.07, 6.45) is -1.24. The number of cyclic esters (lactones) is 1. The number of carbonyl (C=O) groups excluding carboxylic acids is 5. The zero-order chi connectivity index (χ0) is 37.4. The summed E-state index contributed by atoms with van der Waals surface area (Å²) >= 11 is 0. The van der Waals surface area contributed by atoms with Crippen LogP contribution < -0.4 is 0 Å². The van der Waals surface area contributed by atoms with Gasteiger partial charge in [-0.2, -0.15) is 0 Å². The van der Waals surface area contributed by atoms with Gasteiger partial charge in [-0.3, -0.25) is 24.0 Å². The summed E-state index contributed by atoms with van der Waals surface area (Å²) in [6, 6.07) is -0.301. The van der Waals surface area contributed by atoms with Crippen molar-refractivity contribution >= 4 is 29.5 Å². The lowest BCUT2D eigenvalue weighted by atomic mass is 9.76. The predicted molar refractivity (Wildman–Crippen MR) is 179 cm³/mol. The molecule has 0 bridgehead atoms. The third kappa shape index (κ3) is 11.0. The molecule has 1 fully saturated rings. The first-order valence-corrected chi connectivity index (χ1v) is 16.9. The molecule has 2 rings (SSSR count). The van der Waals surface area contributed by atoms with Crippen molar-refractivity contribution < 1.29 is 57.5 Å². The number of nitrogens with zero attached hydrogens (tertiary/aromatic N) is 1. The molecule has 13 nitrogen and oxygen atoms in total. The largest absolute Gasteiger partial charge is 0.461 e. The summed E-state index contributed by atoms with van der Waals surface area (Å²) in [5, 5.41) is 11.5. The monoisotopic (exact) mass is 695 g/mol. The highest BCUT2D eigenvalue weighted by atomic mass is 16.7. The lowest BCUT2D eigenvalue weighted by molar-refractivity contribution is -0.299. The molecule has 1 N–H and O–H groups in total. The van der Waals surface area contributed by atoms with Crippen molar-refractivity contribution in [3.05, 3.63) is 24.3 Å². The van der Waals surface area contributed by atoms with E-state index in [1.165, 1.54) is 39.8 Å². The fourth-order valence-corrected chi connectivity index (χ4v) is 6.74. The number of ketones is 2. The molecule has 0 aromatic heterocycles. The van der Waals surface area contributed by atoms with Gasteiger partial charge in [-0.15, -0.1) is 6.58 Å². The number of Topliss-reactive ketones (excluding diaryl/α,β-unsaturated/α-hetero) is 2. The second-order valence-corrected chi connectivity index (χ2v) is 14.0. The predicted octanol–water partition coefficient (Wildman–Crippen LogP) is 3.34. The Kier molecular flexibility index (Phi) is 15.3. The number of likely N-dealkylation sites (N-methyl/N-ethyl adjacent to an activating group) is 1. The van der Waals surface area contributed by atoms with E-state index in [-0.39, 0.29) is 37.2 Å². The van der Waals surface area contributed by atoms with Gasteiger partial charge in [0.1, 0.15) is 24.2 Å². The van der Waals surface area contributed by atoms with Crippen LogP contribution in [0.2, 0.25) is 0 Å². The van der Waals surface area contributed by atoms with Gasteiger partial charge in [0.05, 0.1) is 30.5 Å². The molecule has 0 unspecified atom stereocenters. The highest BCUT2D eigenvalue weighted by Crippen LogP contribution is 2.38. The van der Waals surface area contributed by atoms with Crippen LogP contribution in [0, 0.1) is 17.8 Å². The molecular formula is C36H57NO12. The van der Waals surface area contributed by atoms with E-state index in [2.05, 4.69) is 6.58 Å². The molecule has 1 saturated heterocycles. The maximum atomic E-state index is 14.2. The quantitative estimate of drug-likeness (QED) is 0.153. The second kappa shape index (κ2) is 17.8. The topological polar surface area (TPSA) is 164 Å². The molecule has 0 aromatic rings. The number of hydrogen-bond acceptors (Lipinski definition) is 13. The first-order valence-electron chi connectivity index (χ1n) is 16.9. The van der Waals surface area contributed by atoms with Crippen LogP contribution in [0.3, 0.4) is 0 Å². The molecule has 0 spiro atoms. The molecule has 278 valence electrons. The smallest absolute Gasteiger partial charge is 0.316 e. The SMILES string of the molecule is C=CCO[C@@]1(C)C[C@@H](C)C(=O)/C(COC(C)=O)=C/[C@](C)(O)[C@@H](CC)OC(=O)[C@H](C)C(=O)[C@H](C)[C@H]1O[C@@H]1O[C@H](C)C[C@H](N(C)C)[C@H]1OC(C)=O. The van der Waals surface area contributed by atoms with Gasteiger partial charge in [-0.1, -0.05) is 26.8 Å². The third-order valence-electron chi connectivity index (χ3n) is 9.30. The van der Waals surface area contributed by atoms with Crippen LogP contribution in [0.25, 0.3) is 0 Å². The lowest BCUT2D eigenvalue weighted by Crippen LogP contribution is -2.60. The van der Waals surface area contributed by atoms with Gasteiger partial charge in [0, 0.05) is 31.3 Å². The average Bonchev–Trinajstić information content (AvgIpc) is 3.01. The van der Waals surface area contributed by atoms with E-state index in [1.807, 2.05) is 25.9 Å². The molecule has 49 heavy (non-hydrogen) atoms. The summed E-state index contributed by atoms with van der Waals surface area (Å²) in [7, 11) is 3.70. The molecule has 0 amide bonds. The molecule has 2 heterocycles. The van der Waals surface area contributed by atoms with Crippen molar-refractivity contribution in [2.75, 3.05) is 27.3 Å². The zero-order valence-electron chi connectivity index (χ0n) is 31.0. The molecule has 13 heteroatoms. The van der Waals surface area contributed by atoms with Gasteiger partial charge >= 0.3 is 17.9 Å². The third-order valence-corrected chi connectivity index (χ3v) is 9.30. The number of rotatable bonds is 10. The number of aliphatic hydroxyl groups is 1. The number of hydrogen-bond donors (Lipinski definition) is 1. The van der Waals surface area contributed by atoms with E-state index in [0.717, 1.165) is 0 Å². The van der Waals surface area contributed by atoms with Crippen LogP contribution in [-0.2, 0) is 52.4 Å². The lowest BCUT2D eigenvalue weighted by Gasteiger charge is -2.47. The molecule has 0 aromatic carbocycles. The summed E-state index contributed by atoms with van der Waals surface area (Å²) < 4.78 is 36.0. The van der Waals surface area contributed by atoms with Gasteiger partial charge in [0.25, 0.3) is 0 Å². The van der Waals surface area contributed by atoms with Crippen molar-refractivity contribution in [3.8, 4) is 0 Å². The molecular weight excluding hydrogens is 638 g/mol. The minimum Gasteiger partial charge on any atom is -0.461 e. The molecule has 0 aliphatic carbocycles.